The van der Waals surface area contributed by atoms with Gasteiger partial charge in [0, 0.05) is 14.3 Å². The molecule has 0 N–H and O–H groups in total. The van der Waals surface area contributed by atoms with E-state index in [0.717, 1.165) is 0 Å². The summed E-state index contributed by atoms with van der Waals surface area (Å²) in [4.78, 5) is 1.71. The SMILES string of the molecule is CCCCCCCCc1sc2ccsc2c1CCCCCCCC. The summed E-state index contributed by atoms with van der Waals surface area (Å²) >= 11 is 4.05. The van der Waals surface area contributed by atoms with E-state index in [0.29, 0.717) is 0 Å². The van der Waals surface area contributed by atoms with E-state index in [1.165, 1.54) is 89.9 Å². The summed E-state index contributed by atoms with van der Waals surface area (Å²) in [6.45, 7) is 4.60. The van der Waals surface area contributed by atoms with Crippen molar-refractivity contribution in [2.24, 2.45) is 0 Å². The van der Waals surface area contributed by atoms with Crippen LogP contribution in [0, 0.1) is 0 Å². The highest BCUT2D eigenvalue weighted by atomic mass is 32.1. The van der Waals surface area contributed by atoms with Crippen molar-refractivity contribution in [1.29, 1.82) is 0 Å². The quantitative estimate of drug-likeness (QED) is 0.294. The summed E-state index contributed by atoms with van der Waals surface area (Å²) in [5.74, 6) is 0. The fraction of sp³-hybridized carbons (Fsp3) is 0.727. The third-order valence-electron chi connectivity index (χ3n) is 5.01. The first-order chi connectivity index (χ1) is 11.9. The van der Waals surface area contributed by atoms with Crippen molar-refractivity contribution in [3.05, 3.63) is 21.9 Å². The summed E-state index contributed by atoms with van der Waals surface area (Å²) < 4.78 is 3.15. The van der Waals surface area contributed by atoms with Crippen LogP contribution in [0.25, 0.3) is 9.40 Å². The van der Waals surface area contributed by atoms with Crippen molar-refractivity contribution in [2.45, 2.75) is 104 Å². The van der Waals surface area contributed by atoms with Gasteiger partial charge in [0.1, 0.15) is 0 Å². The van der Waals surface area contributed by atoms with E-state index in [2.05, 4.69) is 36.6 Å². The van der Waals surface area contributed by atoms with E-state index < -0.39 is 0 Å². The molecule has 0 spiro atoms. The van der Waals surface area contributed by atoms with Gasteiger partial charge >= 0.3 is 0 Å². The van der Waals surface area contributed by atoms with Gasteiger partial charge in [0.05, 0.1) is 0 Å². The molecule has 0 radical (unpaired) electrons. The van der Waals surface area contributed by atoms with Gasteiger partial charge in [-0.1, -0.05) is 78.1 Å². The van der Waals surface area contributed by atoms with Gasteiger partial charge in [0.25, 0.3) is 0 Å². The molecule has 24 heavy (non-hydrogen) atoms. The number of aryl methyl sites for hydroxylation is 2. The van der Waals surface area contributed by atoms with Gasteiger partial charge in [-0.3, -0.25) is 0 Å². The Labute approximate surface area is 157 Å². The number of unbranched alkanes of at least 4 members (excludes halogenated alkanes) is 10. The second-order valence-corrected chi connectivity index (χ2v) is 9.21. The van der Waals surface area contributed by atoms with Gasteiger partial charge in [-0.25, -0.2) is 0 Å². The van der Waals surface area contributed by atoms with Crippen molar-refractivity contribution in [3.63, 3.8) is 0 Å². The Bertz CT molecular complexity index is 549. The Morgan fingerprint density at radius 3 is 1.96 bits per heavy atom. The third-order valence-corrected chi connectivity index (χ3v) is 7.37. The molecule has 0 aromatic carbocycles. The van der Waals surface area contributed by atoms with Gasteiger partial charge < -0.3 is 0 Å². The van der Waals surface area contributed by atoms with Gasteiger partial charge in [0.15, 0.2) is 0 Å². The van der Waals surface area contributed by atoms with Gasteiger partial charge in [-0.15, -0.1) is 22.7 Å². The zero-order chi connectivity index (χ0) is 17.0. The summed E-state index contributed by atoms with van der Waals surface area (Å²) in [5, 5.41) is 2.28. The standard InChI is InChI=1S/C22H36S2/c1-3-5-7-9-11-13-15-19-20(16-14-12-10-8-6-4-2)24-21-17-18-23-22(19)21/h17-18H,3-16H2,1-2H3. The lowest BCUT2D eigenvalue weighted by atomic mass is 10.0. The largest absolute Gasteiger partial charge is 0.143 e. The molecule has 0 saturated heterocycles. The fourth-order valence-electron chi connectivity index (χ4n) is 3.52. The van der Waals surface area contributed by atoms with E-state index in [1.807, 2.05) is 11.3 Å². The Morgan fingerprint density at radius 2 is 1.29 bits per heavy atom. The molecule has 0 nitrogen and oxygen atoms in total. The molecule has 0 aliphatic rings. The van der Waals surface area contributed by atoms with E-state index in [9.17, 15) is 0 Å². The van der Waals surface area contributed by atoms with Crippen LogP contribution in [0.1, 0.15) is 101 Å². The van der Waals surface area contributed by atoms with Crippen LogP contribution in [0.4, 0.5) is 0 Å². The van der Waals surface area contributed by atoms with Crippen LogP contribution in [0.5, 0.6) is 0 Å². The molecular weight excluding hydrogens is 328 g/mol. The zero-order valence-corrected chi connectivity index (χ0v) is 17.5. The molecular formula is C22H36S2. The summed E-state index contributed by atoms with van der Waals surface area (Å²) in [6, 6.07) is 2.33. The molecule has 0 unspecified atom stereocenters. The lowest BCUT2D eigenvalue weighted by molar-refractivity contribution is 0.602. The zero-order valence-electron chi connectivity index (χ0n) is 15.9. The highest BCUT2D eigenvalue weighted by Gasteiger charge is 2.12. The molecule has 0 aliphatic heterocycles. The number of fused-ring (bicyclic) bond motifs is 1. The molecule has 2 aromatic heterocycles. The van der Waals surface area contributed by atoms with Crippen LogP contribution in [0.3, 0.4) is 0 Å². The molecule has 0 saturated carbocycles. The summed E-state index contributed by atoms with van der Waals surface area (Å²) in [7, 11) is 0. The van der Waals surface area contributed by atoms with Gasteiger partial charge in [0.2, 0.25) is 0 Å². The second kappa shape index (κ2) is 12.1. The van der Waals surface area contributed by atoms with Crippen LogP contribution in [0.2, 0.25) is 0 Å². The predicted molar refractivity (Wildman–Crippen MR) is 114 cm³/mol. The molecule has 2 aromatic rings. The molecule has 0 atom stereocenters. The first kappa shape index (κ1) is 20.0. The van der Waals surface area contributed by atoms with E-state index in [4.69, 9.17) is 0 Å². The molecule has 0 fully saturated rings. The number of hydrogen-bond donors (Lipinski definition) is 0. The molecule has 0 aliphatic carbocycles. The topological polar surface area (TPSA) is 0 Å². The molecule has 2 heteroatoms. The lowest BCUT2D eigenvalue weighted by Crippen LogP contribution is -1.91. The maximum atomic E-state index is 2.33. The minimum Gasteiger partial charge on any atom is -0.143 e. The van der Waals surface area contributed by atoms with Crippen molar-refractivity contribution in [2.75, 3.05) is 0 Å². The average Bonchev–Trinajstić information content (AvgIpc) is 3.16. The van der Waals surface area contributed by atoms with Crippen LogP contribution in [0.15, 0.2) is 11.4 Å². The average molecular weight is 365 g/mol. The predicted octanol–water partition coefficient (Wildman–Crippen LogP) is 8.77. The maximum Gasteiger partial charge on any atom is 0.0485 e. The van der Waals surface area contributed by atoms with Crippen molar-refractivity contribution >= 4 is 32.1 Å². The minimum atomic E-state index is 1.32. The molecule has 0 amide bonds. The van der Waals surface area contributed by atoms with Crippen LogP contribution in [-0.4, -0.2) is 0 Å². The molecule has 0 bridgehead atoms. The fourth-order valence-corrected chi connectivity index (χ4v) is 6.02. The normalized spacial score (nSPS) is 11.6. The van der Waals surface area contributed by atoms with Gasteiger partial charge in [-0.05, 0) is 42.7 Å². The monoisotopic (exact) mass is 364 g/mol. The van der Waals surface area contributed by atoms with E-state index in [-0.39, 0.29) is 0 Å². The summed E-state index contributed by atoms with van der Waals surface area (Å²) in [5.41, 5.74) is 1.72. The van der Waals surface area contributed by atoms with Crippen LogP contribution < -0.4 is 0 Å². The Morgan fingerprint density at radius 1 is 0.708 bits per heavy atom. The van der Waals surface area contributed by atoms with E-state index >= 15 is 0 Å². The Hall–Kier alpha value is -0.340. The molecule has 2 rings (SSSR count). The maximum absolute atomic E-state index is 2.33. The van der Waals surface area contributed by atoms with Crippen LogP contribution in [-0.2, 0) is 12.8 Å². The second-order valence-electron chi connectivity index (χ2n) is 7.15. The lowest BCUT2D eigenvalue weighted by Gasteiger charge is -2.05. The highest BCUT2D eigenvalue weighted by molar-refractivity contribution is 7.27. The Balaban J connectivity index is 1.79. The van der Waals surface area contributed by atoms with Crippen LogP contribution >= 0.6 is 22.7 Å². The van der Waals surface area contributed by atoms with Crippen molar-refractivity contribution < 1.29 is 0 Å². The molecule has 136 valence electrons. The summed E-state index contributed by atoms with van der Waals surface area (Å²) in [6.07, 6.45) is 19.5. The number of rotatable bonds is 14. The van der Waals surface area contributed by atoms with Crippen molar-refractivity contribution in [1.82, 2.24) is 0 Å². The van der Waals surface area contributed by atoms with E-state index in [1.54, 1.807) is 19.8 Å². The Kier molecular flexibility index (Phi) is 10.1. The molecule has 2 heterocycles. The number of thiophene rings is 2. The number of hydrogen-bond acceptors (Lipinski definition) is 2. The van der Waals surface area contributed by atoms with Crippen molar-refractivity contribution in [3.8, 4) is 0 Å². The first-order valence-corrected chi connectivity index (χ1v) is 12.0. The first-order valence-electron chi connectivity index (χ1n) is 10.3. The van der Waals surface area contributed by atoms with Gasteiger partial charge in [-0.2, -0.15) is 0 Å². The third kappa shape index (κ3) is 6.52. The highest BCUT2D eigenvalue weighted by Crippen LogP contribution is 2.37. The smallest absolute Gasteiger partial charge is 0.0485 e. The minimum absolute atomic E-state index is 1.32.